The lowest BCUT2D eigenvalue weighted by Crippen LogP contribution is -2.36. The molecule has 31 heavy (non-hydrogen) atoms. The number of ether oxygens (including phenoxy) is 1. The summed E-state index contributed by atoms with van der Waals surface area (Å²) >= 11 is 0. The van der Waals surface area contributed by atoms with Gasteiger partial charge in [-0.3, -0.25) is 4.79 Å². The van der Waals surface area contributed by atoms with Crippen LogP contribution in [0.3, 0.4) is 0 Å². The normalized spacial score (nSPS) is 19.5. The third-order valence-electron chi connectivity index (χ3n) is 5.85. The number of carbonyl (C=O) groups is 1. The number of anilines is 1. The Morgan fingerprint density at radius 2 is 1.97 bits per heavy atom. The lowest BCUT2D eigenvalue weighted by molar-refractivity contribution is -0.118. The Labute approximate surface area is 180 Å². The summed E-state index contributed by atoms with van der Waals surface area (Å²) in [7, 11) is 1.62. The van der Waals surface area contributed by atoms with Crippen LogP contribution in [0.1, 0.15) is 38.3 Å². The zero-order chi connectivity index (χ0) is 21.8. The molecule has 0 saturated heterocycles. The summed E-state index contributed by atoms with van der Waals surface area (Å²) in [4.78, 5) is 18.0. The molecule has 3 aromatic rings. The van der Waals surface area contributed by atoms with Gasteiger partial charge in [0.15, 0.2) is 11.6 Å². The van der Waals surface area contributed by atoms with Gasteiger partial charge in [-0.2, -0.15) is 4.98 Å². The highest BCUT2D eigenvalue weighted by Gasteiger charge is 2.42. The molecule has 1 atom stereocenters. The van der Waals surface area contributed by atoms with E-state index in [1.165, 1.54) is 0 Å². The van der Waals surface area contributed by atoms with E-state index < -0.39 is 6.04 Å². The van der Waals surface area contributed by atoms with Crippen LogP contribution in [0, 0.1) is 5.41 Å². The van der Waals surface area contributed by atoms with E-state index in [9.17, 15) is 9.90 Å². The van der Waals surface area contributed by atoms with Gasteiger partial charge in [-0.05, 0) is 41.7 Å². The maximum Gasteiger partial charge on any atom is 0.226 e. The van der Waals surface area contributed by atoms with Crippen molar-refractivity contribution in [2.24, 2.45) is 5.41 Å². The number of hydrogen-bond donors (Lipinski definition) is 2. The van der Waals surface area contributed by atoms with Crippen LogP contribution in [0.15, 0.2) is 59.8 Å². The molecular weight excluding hydrogens is 392 g/mol. The molecule has 2 N–H and O–H groups in total. The largest absolute Gasteiger partial charge is 0.508 e. The SMILES string of the molecule is COc1cccc(-c2nc3n(n2)C(c2cccc(O)c2)C2=C(CC(C)(C)CC2=O)N3)c1. The van der Waals surface area contributed by atoms with E-state index in [0.29, 0.717) is 23.8 Å². The molecule has 0 fully saturated rings. The molecule has 1 aliphatic carbocycles. The maximum atomic E-state index is 13.2. The Kier molecular flexibility index (Phi) is 4.36. The molecule has 0 saturated carbocycles. The van der Waals surface area contributed by atoms with Crippen molar-refractivity contribution >= 4 is 11.7 Å². The van der Waals surface area contributed by atoms with E-state index in [2.05, 4.69) is 19.2 Å². The van der Waals surface area contributed by atoms with Crippen LogP contribution in [0.2, 0.25) is 0 Å². The van der Waals surface area contributed by atoms with Crippen molar-refractivity contribution in [1.29, 1.82) is 0 Å². The van der Waals surface area contributed by atoms with E-state index >= 15 is 0 Å². The molecule has 2 aromatic carbocycles. The van der Waals surface area contributed by atoms with Gasteiger partial charge in [0.2, 0.25) is 5.95 Å². The summed E-state index contributed by atoms with van der Waals surface area (Å²) in [6, 6.07) is 14.1. The molecule has 0 radical (unpaired) electrons. The fraction of sp³-hybridized carbons (Fsp3) is 0.292. The number of carbonyl (C=O) groups excluding carboxylic acids is 1. The van der Waals surface area contributed by atoms with Gasteiger partial charge in [0.1, 0.15) is 17.5 Å². The van der Waals surface area contributed by atoms with Gasteiger partial charge in [-0.25, -0.2) is 4.68 Å². The molecule has 1 aromatic heterocycles. The topological polar surface area (TPSA) is 89.3 Å². The Bertz CT molecular complexity index is 1230. The van der Waals surface area contributed by atoms with E-state index in [4.69, 9.17) is 14.8 Å². The standard InChI is InChI=1S/C24H24N4O3/c1-24(2)12-18-20(19(30)13-24)21(14-6-4-8-16(29)10-14)28-23(25-18)26-22(27-28)15-7-5-9-17(11-15)31-3/h4-11,21,29H,12-13H2,1-3H3,(H,25,26,27). The van der Waals surface area contributed by atoms with Gasteiger partial charge in [-0.15, -0.1) is 5.10 Å². The minimum atomic E-state index is -0.450. The summed E-state index contributed by atoms with van der Waals surface area (Å²) in [5.41, 5.74) is 3.06. The number of benzene rings is 2. The van der Waals surface area contributed by atoms with Gasteiger partial charge < -0.3 is 15.2 Å². The number of rotatable bonds is 3. The predicted octanol–water partition coefficient (Wildman–Crippen LogP) is 4.32. The minimum absolute atomic E-state index is 0.0937. The average molecular weight is 416 g/mol. The third-order valence-corrected chi connectivity index (χ3v) is 5.85. The number of aromatic nitrogens is 3. The van der Waals surface area contributed by atoms with E-state index in [1.807, 2.05) is 30.3 Å². The Hall–Kier alpha value is -3.61. The van der Waals surface area contributed by atoms with Gasteiger partial charge in [-0.1, -0.05) is 38.1 Å². The van der Waals surface area contributed by atoms with Crippen LogP contribution in [-0.2, 0) is 4.79 Å². The summed E-state index contributed by atoms with van der Waals surface area (Å²) in [6.45, 7) is 4.20. The Balaban J connectivity index is 1.68. The molecule has 7 nitrogen and oxygen atoms in total. The first-order valence-electron chi connectivity index (χ1n) is 10.3. The fourth-order valence-electron chi connectivity index (χ4n) is 4.50. The second kappa shape index (κ2) is 6.97. The number of allylic oxidation sites excluding steroid dienone is 2. The van der Waals surface area contributed by atoms with Crippen LogP contribution in [0.25, 0.3) is 11.4 Å². The fourth-order valence-corrected chi connectivity index (χ4v) is 4.50. The third kappa shape index (κ3) is 3.36. The smallest absolute Gasteiger partial charge is 0.226 e. The maximum absolute atomic E-state index is 13.2. The second-order valence-corrected chi connectivity index (χ2v) is 8.89. The number of aromatic hydroxyl groups is 1. The monoisotopic (exact) mass is 416 g/mol. The molecule has 7 heteroatoms. The van der Waals surface area contributed by atoms with Gasteiger partial charge >= 0.3 is 0 Å². The zero-order valence-electron chi connectivity index (χ0n) is 17.7. The number of nitrogens with zero attached hydrogens (tertiary/aromatic N) is 3. The molecule has 0 amide bonds. The zero-order valence-corrected chi connectivity index (χ0v) is 17.7. The van der Waals surface area contributed by atoms with Crippen LogP contribution >= 0.6 is 0 Å². The van der Waals surface area contributed by atoms with Crippen LogP contribution in [-0.4, -0.2) is 32.8 Å². The molecule has 0 bridgehead atoms. The van der Waals surface area contributed by atoms with E-state index in [0.717, 1.165) is 29.0 Å². The number of hydrogen-bond acceptors (Lipinski definition) is 6. The minimum Gasteiger partial charge on any atom is -0.508 e. The lowest BCUT2D eigenvalue weighted by Gasteiger charge is -2.38. The first kappa shape index (κ1) is 19.4. The molecule has 2 heterocycles. The molecule has 0 spiro atoms. The van der Waals surface area contributed by atoms with Crippen molar-refractivity contribution in [3.63, 3.8) is 0 Å². The number of phenols is 1. The summed E-state index contributed by atoms with van der Waals surface area (Å²) in [5, 5.41) is 18.2. The van der Waals surface area contributed by atoms with Crippen molar-refractivity contribution in [3.8, 4) is 22.9 Å². The highest BCUT2D eigenvalue weighted by atomic mass is 16.5. The van der Waals surface area contributed by atoms with Gasteiger partial charge in [0.05, 0.1) is 7.11 Å². The first-order valence-corrected chi connectivity index (χ1v) is 10.3. The quantitative estimate of drug-likeness (QED) is 0.661. The predicted molar refractivity (Wildman–Crippen MR) is 117 cm³/mol. The lowest BCUT2D eigenvalue weighted by atomic mass is 9.73. The summed E-state index contributed by atoms with van der Waals surface area (Å²) in [6.07, 6.45) is 1.21. The van der Waals surface area contributed by atoms with E-state index in [1.54, 1.807) is 30.0 Å². The molecular formula is C24H24N4O3. The average Bonchev–Trinajstić information content (AvgIpc) is 3.15. The van der Waals surface area contributed by atoms with Crippen LogP contribution in [0.4, 0.5) is 5.95 Å². The number of ketones is 1. The highest BCUT2D eigenvalue weighted by molar-refractivity contribution is 6.00. The van der Waals surface area contributed by atoms with Crippen molar-refractivity contribution < 1.29 is 14.6 Å². The highest BCUT2D eigenvalue weighted by Crippen LogP contribution is 2.46. The number of fused-ring (bicyclic) bond motifs is 1. The number of methoxy groups -OCH3 is 1. The first-order chi connectivity index (χ1) is 14.8. The van der Waals surface area contributed by atoms with Crippen LogP contribution in [0.5, 0.6) is 11.5 Å². The summed E-state index contributed by atoms with van der Waals surface area (Å²) in [5.74, 6) is 2.08. The Morgan fingerprint density at radius 1 is 1.16 bits per heavy atom. The van der Waals surface area contributed by atoms with Crippen molar-refractivity contribution in [3.05, 3.63) is 65.4 Å². The van der Waals surface area contributed by atoms with Crippen molar-refractivity contribution in [2.75, 3.05) is 12.4 Å². The molecule has 1 unspecified atom stereocenters. The number of nitrogens with one attached hydrogen (secondary N) is 1. The molecule has 5 rings (SSSR count). The molecule has 2 aliphatic rings. The van der Waals surface area contributed by atoms with Crippen LogP contribution < -0.4 is 10.1 Å². The summed E-state index contributed by atoms with van der Waals surface area (Å²) < 4.78 is 7.09. The van der Waals surface area contributed by atoms with Crippen molar-refractivity contribution in [2.45, 2.75) is 32.7 Å². The van der Waals surface area contributed by atoms with Gasteiger partial charge in [0.25, 0.3) is 0 Å². The molecule has 1 aliphatic heterocycles. The van der Waals surface area contributed by atoms with Gasteiger partial charge in [0, 0.05) is 23.3 Å². The Morgan fingerprint density at radius 3 is 2.74 bits per heavy atom. The van der Waals surface area contributed by atoms with Crippen molar-refractivity contribution in [1.82, 2.24) is 14.8 Å². The second-order valence-electron chi connectivity index (χ2n) is 8.89. The number of phenolic OH excluding ortho intramolecular Hbond substituents is 1. The van der Waals surface area contributed by atoms with E-state index in [-0.39, 0.29) is 16.9 Å². The number of Topliss-reactive ketones (excluding diaryl/α,β-unsaturated/α-hetero) is 1. The molecule has 158 valence electrons.